The number of pyridine rings is 3. The topological polar surface area (TPSA) is 75.6 Å². The van der Waals surface area contributed by atoms with Crippen molar-refractivity contribution in [2.45, 2.75) is 130 Å². The van der Waals surface area contributed by atoms with E-state index in [0.717, 1.165) is 111 Å². The van der Waals surface area contributed by atoms with Crippen molar-refractivity contribution in [3.8, 4) is 101 Å². The Kier molecular flexibility index (Phi) is 15.4. The molecule has 0 spiro atoms. The summed E-state index contributed by atoms with van der Waals surface area (Å²) in [4.78, 5) is 15.3. The minimum Gasteiger partial charge on any atom is -0.400 e. The fraction of sp³-hybridized carbons (Fsp3) is 0.269. The fourth-order valence-electron chi connectivity index (χ4n) is 12.8. The van der Waals surface area contributed by atoms with Gasteiger partial charge in [-0.25, -0.2) is 0 Å². The molecule has 440 valence electrons. The smallest absolute Gasteiger partial charge is 0.400 e. The summed E-state index contributed by atoms with van der Waals surface area (Å²) >= 11 is 0. The molecule has 88 heavy (non-hydrogen) atoms. The quantitative estimate of drug-likeness (QED) is 0.0943. The van der Waals surface area contributed by atoms with Crippen molar-refractivity contribution in [1.29, 1.82) is 0 Å². The van der Waals surface area contributed by atoms with E-state index in [9.17, 15) is 0 Å². The molecule has 0 N–H and O–H groups in total. The minimum absolute atomic E-state index is 0. The Morgan fingerprint density at radius 3 is 0.955 bits per heavy atom. The van der Waals surface area contributed by atoms with Gasteiger partial charge in [-0.15, -0.1) is 105 Å². The van der Waals surface area contributed by atoms with Crippen LogP contribution >= 0.6 is 0 Å². The molecule has 0 unspecified atom stereocenters. The Bertz CT molecular complexity index is 4070. The first-order valence-corrected chi connectivity index (χ1v) is 30.5. The number of benzene rings is 7. The molecule has 10 heteroatoms. The molecule has 0 amide bonds. The first kappa shape index (κ1) is 60.9. The van der Waals surface area contributed by atoms with E-state index in [-0.39, 0.29) is 36.4 Å². The zero-order valence-corrected chi connectivity index (χ0v) is 55.3. The summed E-state index contributed by atoms with van der Waals surface area (Å²) in [5.74, 6) is 0. The molecule has 0 atom stereocenters. The van der Waals surface area contributed by atoms with Crippen LogP contribution in [-0.2, 0) is 49.6 Å². The molecule has 0 radical (unpaired) electrons. The van der Waals surface area contributed by atoms with Crippen LogP contribution in [0.1, 0.15) is 108 Å². The van der Waals surface area contributed by atoms with Crippen LogP contribution in [0.15, 0.2) is 195 Å². The number of nitrogens with zero attached hydrogens (tertiary/aromatic N) is 3. The van der Waals surface area contributed by atoms with Crippen LogP contribution in [0, 0.1) is 23.6 Å². The number of rotatable bonds is 11. The van der Waals surface area contributed by atoms with Gasteiger partial charge in [-0.3, -0.25) is 0 Å². The fourth-order valence-corrected chi connectivity index (χ4v) is 12.8. The van der Waals surface area contributed by atoms with E-state index in [4.69, 9.17) is 33.6 Å². The average molecular weight is 1330 g/mol. The third-order valence-corrected chi connectivity index (χ3v) is 20.8. The largest absolute Gasteiger partial charge is 3.00 e. The third kappa shape index (κ3) is 10.5. The Labute approximate surface area is 535 Å². The summed E-state index contributed by atoms with van der Waals surface area (Å²) in [6, 6.07) is 72.8. The van der Waals surface area contributed by atoms with E-state index in [1.54, 1.807) is 0 Å². The van der Waals surface area contributed by atoms with Crippen LogP contribution in [0.5, 0.6) is 0 Å². The molecular formula is C78H74B2IrN3O4. The van der Waals surface area contributed by atoms with Gasteiger partial charge >= 0.3 is 34.3 Å². The van der Waals surface area contributed by atoms with Gasteiger partial charge in [-0.1, -0.05) is 151 Å². The summed E-state index contributed by atoms with van der Waals surface area (Å²) in [5.41, 5.74) is 20.8. The van der Waals surface area contributed by atoms with Gasteiger partial charge in [0.2, 0.25) is 0 Å². The Morgan fingerprint density at radius 1 is 0.330 bits per heavy atom. The van der Waals surface area contributed by atoms with Crippen molar-refractivity contribution in [1.82, 2.24) is 15.0 Å². The van der Waals surface area contributed by atoms with Gasteiger partial charge in [0.15, 0.2) is 0 Å². The molecule has 7 nitrogen and oxygen atoms in total. The van der Waals surface area contributed by atoms with Crippen LogP contribution in [-0.4, -0.2) is 51.6 Å². The SMILES string of the molecule is CC1(C)OB(c2cc[c-]c(-c3ccc(-c4ccccc4-c4cc(-c5ccccc5-c5ccc(-c6[c-]ccc(B7OC(C)(C)C(C)(C)O7)c6)nc5)cc(-c5ccccc5-c5ccc(-c6[c-]cc7c(c6)C(C)(C)C(C)(C)C7(C)C)nc5)c4)cn3)c2)OC1(C)C.[Ir+3]. The molecule has 0 bridgehead atoms. The van der Waals surface area contributed by atoms with E-state index in [1.807, 2.05) is 42.9 Å². The molecule has 3 aliphatic rings. The summed E-state index contributed by atoms with van der Waals surface area (Å²) in [6.45, 7) is 30.9. The summed E-state index contributed by atoms with van der Waals surface area (Å²) in [6.07, 6.45) is 5.97. The molecule has 7 aromatic carbocycles. The molecular weight excluding hydrogens is 1260 g/mol. The molecule has 13 rings (SSSR count). The van der Waals surface area contributed by atoms with Crippen molar-refractivity contribution >= 4 is 25.2 Å². The predicted octanol–water partition coefficient (Wildman–Crippen LogP) is 17.5. The van der Waals surface area contributed by atoms with E-state index >= 15 is 0 Å². The first-order chi connectivity index (χ1) is 41.3. The maximum Gasteiger partial charge on any atom is 3.00 e. The second-order valence-corrected chi connectivity index (χ2v) is 27.5. The molecule has 2 saturated heterocycles. The molecule has 10 aromatic rings. The third-order valence-electron chi connectivity index (χ3n) is 20.8. The molecule has 2 fully saturated rings. The minimum atomic E-state index is -0.487. The van der Waals surface area contributed by atoms with Crippen molar-refractivity contribution < 1.29 is 38.7 Å². The number of fused-ring (bicyclic) bond motifs is 1. The van der Waals surface area contributed by atoms with Gasteiger partial charge in [0, 0.05) is 18.6 Å². The second kappa shape index (κ2) is 22.3. The van der Waals surface area contributed by atoms with Crippen molar-refractivity contribution in [3.63, 3.8) is 0 Å². The maximum absolute atomic E-state index is 6.42. The maximum atomic E-state index is 6.42. The Balaban J connectivity index is 0.00000754. The van der Waals surface area contributed by atoms with E-state index in [0.29, 0.717) is 0 Å². The number of aromatic nitrogens is 3. The Hall–Kier alpha value is -7.39. The summed E-state index contributed by atoms with van der Waals surface area (Å²) in [7, 11) is -0.974. The van der Waals surface area contributed by atoms with Crippen LogP contribution < -0.4 is 10.9 Å². The van der Waals surface area contributed by atoms with Crippen molar-refractivity contribution in [2.75, 3.05) is 0 Å². The van der Waals surface area contributed by atoms with Gasteiger partial charge in [-0.2, -0.15) is 0 Å². The second-order valence-electron chi connectivity index (χ2n) is 27.5. The standard InChI is InChI=1S/C78H74B2N3O4.Ir/c1-72(2)67-37-33-52(46-68(67)73(3,4)74(72,5)6)71-40-36-55(49-83-71)63-29-17-20-32-66(63)58-42-56(64-30-18-15-27-61(64)53-34-38-69(81-47-53)50-23-21-25-59(44-50)79-84-75(7,8)76(9,10)85-79)41-57(43-58)65-31-19-16-28-62(65)54-35-39-70(82-48-54)51-24-22-26-60(45-51)80-86-77(11,12)78(13,14)87-80;/h15-22,25-32,34-49H,1-14H3;/q-3;+3. The zero-order chi connectivity index (χ0) is 61.1. The number of hydrogen-bond donors (Lipinski definition) is 0. The van der Waals surface area contributed by atoms with E-state index in [1.165, 1.54) is 11.1 Å². The van der Waals surface area contributed by atoms with Gasteiger partial charge in [0.1, 0.15) is 0 Å². The monoisotopic (exact) mass is 1330 g/mol. The van der Waals surface area contributed by atoms with Crippen molar-refractivity contribution in [3.05, 3.63) is 224 Å². The molecule has 0 saturated carbocycles. The van der Waals surface area contributed by atoms with E-state index < -0.39 is 36.6 Å². The van der Waals surface area contributed by atoms with Crippen LogP contribution in [0.25, 0.3) is 101 Å². The average Bonchev–Trinajstić information content (AvgIpc) is 1.55. The van der Waals surface area contributed by atoms with Gasteiger partial charge in [-0.05, 0) is 174 Å². The van der Waals surface area contributed by atoms with Gasteiger partial charge in [0.05, 0.1) is 22.4 Å². The van der Waals surface area contributed by atoms with Crippen LogP contribution in [0.3, 0.4) is 0 Å². The Morgan fingerprint density at radius 2 is 0.636 bits per heavy atom. The molecule has 2 aliphatic heterocycles. The van der Waals surface area contributed by atoms with Crippen molar-refractivity contribution in [2.24, 2.45) is 5.41 Å². The normalized spacial score (nSPS) is 18.0. The summed E-state index contributed by atoms with van der Waals surface area (Å²) < 4.78 is 25.7. The molecule has 5 heterocycles. The number of hydrogen-bond acceptors (Lipinski definition) is 7. The van der Waals surface area contributed by atoms with Gasteiger partial charge < -0.3 is 33.6 Å². The van der Waals surface area contributed by atoms with Crippen LogP contribution in [0.4, 0.5) is 0 Å². The predicted molar refractivity (Wildman–Crippen MR) is 357 cm³/mol. The molecule has 1 aliphatic carbocycles. The first-order valence-electron chi connectivity index (χ1n) is 30.5. The summed E-state index contributed by atoms with van der Waals surface area (Å²) in [5, 5.41) is 0. The zero-order valence-electron chi connectivity index (χ0n) is 52.9. The van der Waals surface area contributed by atoms with Gasteiger partial charge in [0.25, 0.3) is 0 Å². The van der Waals surface area contributed by atoms with E-state index in [2.05, 4.69) is 267 Å². The van der Waals surface area contributed by atoms with Crippen LogP contribution in [0.2, 0.25) is 0 Å². The molecule has 3 aromatic heterocycles.